The molecule has 0 fully saturated rings. The zero-order chi connectivity index (χ0) is 9.80. The van der Waals surface area contributed by atoms with E-state index in [9.17, 15) is 0 Å². The Morgan fingerprint density at radius 2 is 2.43 bits per heavy atom. The predicted octanol–water partition coefficient (Wildman–Crippen LogP) is 0.659. The number of aromatic nitrogens is 2. The maximum absolute atomic E-state index is 5.37. The van der Waals surface area contributed by atoms with Gasteiger partial charge in [0, 0.05) is 37.4 Å². The van der Waals surface area contributed by atoms with Gasteiger partial charge in [0.2, 0.25) is 0 Å². The van der Waals surface area contributed by atoms with Gasteiger partial charge in [-0.3, -0.25) is 0 Å². The summed E-state index contributed by atoms with van der Waals surface area (Å²) in [4.78, 5) is 8.53. The first kappa shape index (κ1) is 9.55. The van der Waals surface area contributed by atoms with E-state index in [1.807, 2.05) is 6.92 Å². The first-order valence-electron chi connectivity index (χ1n) is 5.02. The van der Waals surface area contributed by atoms with Crippen molar-refractivity contribution in [3.05, 3.63) is 23.3 Å². The van der Waals surface area contributed by atoms with Gasteiger partial charge in [-0.05, 0) is 6.92 Å². The summed E-state index contributed by atoms with van der Waals surface area (Å²) in [5, 5.41) is 3.32. The molecule has 14 heavy (non-hydrogen) atoms. The molecule has 0 amide bonds. The van der Waals surface area contributed by atoms with Crippen molar-refractivity contribution in [1.82, 2.24) is 15.3 Å². The number of nitrogens with zero attached hydrogens (tertiary/aromatic N) is 2. The Morgan fingerprint density at radius 1 is 1.50 bits per heavy atom. The summed E-state index contributed by atoms with van der Waals surface area (Å²) < 4.78 is 5.37. The van der Waals surface area contributed by atoms with Crippen molar-refractivity contribution < 1.29 is 4.74 Å². The van der Waals surface area contributed by atoms with Crippen molar-refractivity contribution in [2.75, 3.05) is 13.2 Å². The van der Waals surface area contributed by atoms with Gasteiger partial charge in [-0.2, -0.15) is 0 Å². The number of ether oxygens (including phenoxy) is 1. The summed E-state index contributed by atoms with van der Waals surface area (Å²) >= 11 is 0. The molecule has 1 aromatic rings. The molecule has 1 aromatic heterocycles. The van der Waals surface area contributed by atoms with Crippen LogP contribution in [0.1, 0.15) is 23.9 Å². The lowest BCUT2D eigenvalue weighted by molar-refractivity contribution is 0.130. The van der Waals surface area contributed by atoms with Gasteiger partial charge in [-0.15, -0.1) is 0 Å². The summed E-state index contributed by atoms with van der Waals surface area (Å²) in [6, 6.07) is 0. The maximum Gasteiger partial charge on any atom is 0.116 e. The molecule has 4 nitrogen and oxygen atoms in total. The Balaban J connectivity index is 2.21. The first-order chi connectivity index (χ1) is 6.92. The van der Waals surface area contributed by atoms with Crippen LogP contribution >= 0.6 is 0 Å². The second-order valence-electron chi connectivity index (χ2n) is 3.31. The summed E-state index contributed by atoms with van der Waals surface area (Å²) in [5.74, 6) is 0. The van der Waals surface area contributed by atoms with Crippen LogP contribution in [0.2, 0.25) is 0 Å². The topological polar surface area (TPSA) is 47.0 Å². The zero-order valence-electron chi connectivity index (χ0n) is 8.42. The monoisotopic (exact) mass is 193 g/mol. The molecular formula is C10H15N3O. The lowest BCUT2D eigenvalue weighted by Crippen LogP contribution is -2.26. The van der Waals surface area contributed by atoms with Gasteiger partial charge < -0.3 is 10.1 Å². The lowest BCUT2D eigenvalue weighted by atomic mass is 10.1. The molecule has 0 saturated heterocycles. The Labute approximate surface area is 83.7 Å². The van der Waals surface area contributed by atoms with Crippen molar-refractivity contribution >= 4 is 0 Å². The highest BCUT2D eigenvalue weighted by Gasteiger charge is 2.14. The normalized spacial score (nSPS) is 15.2. The molecule has 0 aromatic carbocycles. The molecule has 0 unspecified atom stereocenters. The number of fused-ring (bicyclic) bond motifs is 1. The molecule has 4 heteroatoms. The molecule has 76 valence electrons. The highest BCUT2D eigenvalue weighted by molar-refractivity contribution is 5.26. The van der Waals surface area contributed by atoms with Crippen LogP contribution in [-0.2, 0) is 24.3 Å². The van der Waals surface area contributed by atoms with E-state index in [2.05, 4.69) is 15.3 Å². The summed E-state index contributed by atoms with van der Waals surface area (Å²) in [6.07, 6.45) is 2.63. The van der Waals surface area contributed by atoms with Crippen LogP contribution in [0.15, 0.2) is 6.33 Å². The van der Waals surface area contributed by atoms with Crippen molar-refractivity contribution in [2.24, 2.45) is 0 Å². The van der Waals surface area contributed by atoms with E-state index >= 15 is 0 Å². The summed E-state index contributed by atoms with van der Waals surface area (Å²) in [7, 11) is 0. The number of nitrogens with one attached hydrogen (secondary N) is 1. The van der Waals surface area contributed by atoms with Crippen LogP contribution in [0, 0.1) is 0 Å². The van der Waals surface area contributed by atoms with Crippen LogP contribution in [0.25, 0.3) is 0 Å². The van der Waals surface area contributed by atoms with E-state index in [0.717, 1.165) is 31.8 Å². The molecular weight excluding hydrogens is 178 g/mol. The minimum Gasteiger partial charge on any atom is -0.375 e. The van der Waals surface area contributed by atoms with Crippen molar-refractivity contribution in [3.8, 4) is 0 Å². The SMILES string of the molecule is CCOCc1ncnc2c1CNCC2. The Kier molecular flexibility index (Phi) is 3.06. The molecule has 0 bridgehead atoms. The van der Waals surface area contributed by atoms with Crippen LogP contribution in [0.3, 0.4) is 0 Å². The molecule has 1 N–H and O–H groups in total. The molecule has 0 saturated carbocycles. The molecule has 2 rings (SSSR count). The van der Waals surface area contributed by atoms with Crippen LogP contribution in [-0.4, -0.2) is 23.1 Å². The first-order valence-corrected chi connectivity index (χ1v) is 5.02. The van der Waals surface area contributed by atoms with Crippen LogP contribution in [0.4, 0.5) is 0 Å². The Hall–Kier alpha value is -1.00. The highest BCUT2D eigenvalue weighted by atomic mass is 16.5. The fourth-order valence-corrected chi connectivity index (χ4v) is 1.65. The third-order valence-electron chi connectivity index (χ3n) is 2.41. The second kappa shape index (κ2) is 4.48. The lowest BCUT2D eigenvalue weighted by Gasteiger charge is -2.18. The maximum atomic E-state index is 5.37. The quantitative estimate of drug-likeness (QED) is 0.766. The Bertz CT molecular complexity index is 314. The minimum absolute atomic E-state index is 0.600. The summed E-state index contributed by atoms with van der Waals surface area (Å²) in [6.45, 7) is 5.21. The van der Waals surface area contributed by atoms with Gasteiger partial charge in [0.05, 0.1) is 12.3 Å². The van der Waals surface area contributed by atoms with Gasteiger partial charge in [0.15, 0.2) is 0 Å². The molecule has 1 aliphatic heterocycles. The fourth-order valence-electron chi connectivity index (χ4n) is 1.65. The molecule has 0 radical (unpaired) electrons. The van der Waals surface area contributed by atoms with E-state index < -0.39 is 0 Å². The van der Waals surface area contributed by atoms with E-state index in [1.165, 1.54) is 11.3 Å². The summed E-state index contributed by atoms with van der Waals surface area (Å²) in [5.41, 5.74) is 3.43. The van der Waals surface area contributed by atoms with Crippen molar-refractivity contribution in [3.63, 3.8) is 0 Å². The van der Waals surface area contributed by atoms with Crippen LogP contribution < -0.4 is 5.32 Å². The smallest absolute Gasteiger partial charge is 0.116 e. The van der Waals surface area contributed by atoms with Gasteiger partial charge in [-0.1, -0.05) is 0 Å². The molecule has 1 aliphatic rings. The van der Waals surface area contributed by atoms with Gasteiger partial charge in [0.1, 0.15) is 6.33 Å². The number of hydrogen-bond donors (Lipinski definition) is 1. The van der Waals surface area contributed by atoms with E-state index in [4.69, 9.17) is 4.74 Å². The standard InChI is InChI=1S/C10H15N3O/c1-2-14-6-10-8-5-11-4-3-9(8)12-7-13-10/h7,11H,2-6H2,1H3. The third-order valence-corrected chi connectivity index (χ3v) is 2.41. The molecule has 2 heterocycles. The number of rotatable bonds is 3. The minimum atomic E-state index is 0.600. The largest absolute Gasteiger partial charge is 0.375 e. The molecule has 0 spiro atoms. The van der Waals surface area contributed by atoms with E-state index in [0.29, 0.717) is 6.61 Å². The zero-order valence-corrected chi connectivity index (χ0v) is 8.42. The average molecular weight is 193 g/mol. The Morgan fingerprint density at radius 3 is 3.29 bits per heavy atom. The van der Waals surface area contributed by atoms with Crippen molar-refractivity contribution in [2.45, 2.75) is 26.5 Å². The van der Waals surface area contributed by atoms with Crippen molar-refractivity contribution in [1.29, 1.82) is 0 Å². The number of hydrogen-bond acceptors (Lipinski definition) is 4. The van der Waals surface area contributed by atoms with E-state index in [-0.39, 0.29) is 0 Å². The predicted molar refractivity (Wildman–Crippen MR) is 52.8 cm³/mol. The van der Waals surface area contributed by atoms with Gasteiger partial charge >= 0.3 is 0 Å². The van der Waals surface area contributed by atoms with Crippen LogP contribution in [0.5, 0.6) is 0 Å². The third kappa shape index (κ3) is 1.91. The second-order valence-corrected chi connectivity index (χ2v) is 3.31. The van der Waals surface area contributed by atoms with Gasteiger partial charge in [0.25, 0.3) is 0 Å². The highest BCUT2D eigenvalue weighted by Crippen LogP contribution is 2.14. The van der Waals surface area contributed by atoms with E-state index in [1.54, 1.807) is 6.33 Å². The van der Waals surface area contributed by atoms with Gasteiger partial charge in [-0.25, -0.2) is 9.97 Å². The molecule has 0 atom stereocenters. The fraction of sp³-hybridized carbons (Fsp3) is 0.600. The molecule has 0 aliphatic carbocycles. The average Bonchev–Trinajstić information content (AvgIpc) is 2.26.